The largest absolute Gasteiger partial charge is 0.462 e. The predicted molar refractivity (Wildman–Crippen MR) is 141 cm³/mol. The molecule has 3 aromatic rings. The van der Waals surface area contributed by atoms with Gasteiger partial charge in [-0.15, -0.1) is 11.3 Å². The summed E-state index contributed by atoms with van der Waals surface area (Å²) in [6, 6.07) is 4.05. The van der Waals surface area contributed by atoms with Gasteiger partial charge in [0, 0.05) is 15.8 Å². The van der Waals surface area contributed by atoms with Gasteiger partial charge in [-0.2, -0.15) is 18.3 Å². The number of ether oxygens (including phenoxy) is 1. The highest BCUT2D eigenvalue weighted by atomic mass is 79.9. The van der Waals surface area contributed by atoms with Gasteiger partial charge in [-0.1, -0.05) is 39.7 Å². The molecule has 1 aromatic carbocycles. The molecule has 3 heterocycles. The first-order chi connectivity index (χ1) is 17.8. The third-order valence-electron chi connectivity index (χ3n) is 6.05. The Hall–Kier alpha value is -2.61. The molecule has 0 saturated carbocycles. The van der Waals surface area contributed by atoms with Crippen molar-refractivity contribution >= 4 is 61.6 Å². The summed E-state index contributed by atoms with van der Waals surface area (Å²) in [4.78, 5) is 26.2. The lowest BCUT2D eigenvalue weighted by atomic mass is 9.97. The number of aliphatic hydroxyl groups excluding tert-OH is 1. The summed E-state index contributed by atoms with van der Waals surface area (Å²) in [5.74, 6) is -1.77. The van der Waals surface area contributed by atoms with Crippen molar-refractivity contribution in [2.24, 2.45) is 0 Å². The van der Waals surface area contributed by atoms with Crippen LogP contribution >= 0.6 is 38.9 Å². The van der Waals surface area contributed by atoms with Gasteiger partial charge in [-0.25, -0.2) is 9.48 Å². The van der Waals surface area contributed by atoms with Crippen molar-refractivity contribution in [3.63, 3.8) is 0 Å². The van der Waals surface area contributed by atoms with Gasteiger partial charge < -0.3 is 20.5 Å². The molecule has 8 nitrogen and oxygen atoms in total. The van der Waals surface area contributed by atoms with Crippen LogP contribution in [0, 0.1) is 6.92 Å². The molecule has 0 fully saturated rings. The molecule has 2 aromatic heterocycles. The van der Waals surface area contributed by atoms with E-state index < -0.39 is 41.9 Å². The van der Waals surface area contributed by atoms with Crippen LogP contribution in [0.25, 0.3) is 0 Å². The summed E-state index contributed by atoms with van der Waals surface area (Å²) >= 11 is 10.7. The Morgan fingerprint density at radius 2 is 2.03 bits per heavy atom. The average molecular weight is 636 g/mol. The quantitative estimate of drug-likeness (QED) is 0.257. The van der Waals surface area contributed by atoms with Crippen molar-refractivity contribution in [3.05, 3.63) is 61.0 Å². The summed E-state index contributed by atoms with van der Waals surface area (Å²) in [5.41, 5.74) is 0.628. The molecular formula is C24H23BrClF3N4O4S. The number of esters is 1. The van der Waals surface area contributed by atoms with E-state index in [1.807, 2.05) is 0 Å². The van der Waals surface area contributed by atoms with Gasteiger partial charge in [0.1, 0.15) is 15.8 Å². The normalized spacial score (nSPS) is 17.9. The molecule has 204 valence electrons. The van der Waals surface area contributed by atoms with Crippen LogP contribution in [0.3, 0.4) is 0 Å². The fourth-order valence-electron chi connectivity index (χ4n) is 4.28. The lowest BCUT2D eigenvalue weighted by Crippen LogP contribution is -2.35. The number of aliphatic hydroxyl groups is 1. The number of alkyl halides is 3. The van der Waals surface area contributed by atoms with Crippen LogP contribution < -0.4 is 10.6 Å². The molecule has 0 bridgehead atoms. The SMILES string of the molecule is CCOC(=O)c1c(NC(=O)c2nn3c(c2Cl)N[C@@H](c2ccc(Br)cc2)C[C@H]3C(F)(F)F)sc([C@@H](C)O)c1C. The van der Waals surface area contributed by atoms with Crippen molar-refractivity contribution in [2.75, 3.05) is 17.2 Å². The number of thiophene rings is 1. The van der Waals surface area contributed by atoms with Crippen LogP contribution in [0.2, 0.25) is 5.02 Å². The molecule has 3 atom stereocenters. The molecule has 0 radical (unpaired) electrons. The van der Waals surface area contributed by atoms with Crippen LogP contribution in [0.15, 0.2) is 28.7 Å². The van der Waals surface area contributed by atoms with E-state index in [0.29, 0.717) is 20.7 Å². The summed E-state index contributed by atoms with van der Waals surface area (Å²) in [6.07, 6.45) is -5.97. The Balaban J connectivity index is 1.72. The highest BCUT2D eigenvalue weighted by molar-refractivity contribution is 9.10. The van der Waals surface area contributed by atoms with Crippen molar-refractivity contribution in [1.82, 2.24) is 9.78 Å². The number of nitrogens with zero attached hydrogens (tertiary/aromatic N) is 2. The Bertz CT molecular complexity index is 1370. The molecule has 1 aliphatic rings. The average Bonchev–Trinajstić information content (AvgIpc) is 3.35. The van der Waals surface area contributed by atoms with E-state index >= 15 is 0 Å². The van der Waals surface area contributed by atoms with E-state index in [9.17, 15) is 27.9 Å². The first-order valence-electron chi connectivity index (χ1n) is 11.5. The highest BCUT2D eigenvalue weighted by Crippen LogP contribution is 2.46. The first-order valence-corrected chi connectivity index (χ1v) is 13.5. The Morgan fingerprint density at radius 1 is 1.37 bits per heavy atom. The van der Waals surface area contributed by atoms with Crippen LogP contribution in [0.4, 0.5) is 24.0 Å². The van der Waals surface area contributed by atoms with Gasteiger partial charge in [-0.3, -0.25) is 4.79 Å². The monoisotopic (exact) mass is 634 g/mol. The predicted octanol–water partition coefficient (Wildman–Crippen LogP) is 6.81. The van der Waals surface area contributed by atoms with Crippen molar-refractivity contribution in [1.29, 1.82) is 0 Å². The highest BCUT2D eigenvalue weighted by Gasteiger charge is 2.48. The number of amides is 1. The van der Waals surface area contributed by atoms with Gasteiger partial charge >= 0.3 is 12.1 Å². The molecule has 3 N–H and O–H groups in total. The van der Waals surface area contributed by atoms with Gasteiger partial charge in [-0.05, 0) is 44.0 Å². The Kier molecular flexibility index (Phi) is 8.12. The molecule has 0 spiro atoms. The summed E-state index contributed by atoms with van der Waals surface area (Å²) < 4.78 is 48.8. The minimum absolute atomic E-state index is 0.0443. The van der Waals surface area contributed by atoms with Crippen LogP contribution in [0.1, 0.15) is 75.3 Å². The maximum absolute atomic E-state index is 14.1. The van der Waals surface area contributed by atoms with E-state index in [1.54, 1.807) is 38.1 Å². The zero-order valence-corrected chi connectivity index (χ0v) is 23.5. The van der Waals surface area contributed by atoms with E-state index in [-0.39, 0.29) is 34.4 Å². The zero-order chi connectivity index (χ0) is 27.9. The number of hydrogen-bond donors (Lipinski definition) is 3. The number of aromatic nitrogens is 2. The minimum Gasteiger partial charge on any atom is -0.462 e. The van der Waals surface area contributed by atoms with Crippen molar-refractivity contribution < 1.29 is 32.6 Å². The third-order valence-corrected chi connectivity index (χ3v) is 8.32. The second-order valence-electron chi connectivity index (χ2n) is 8.64. The van der Waals surface area contributed by atoms with E-state index in [2.05, 4.69) is 31.7 Å². The lowest BCUT2D eigenvalue weighted by molar-refractivity contribution is -0.173. The first kappa shape index (κ1) is 28.4. The van der Waals surface area contributed by atoms with Gasteiger partial charge in [0.2, 0.25) is 0 Å². The summed E-state index contributed by atoms with van der Waals surface area (Å²) in [5, 5.41) is 19.3. The number of anilines is 2. The van der Waals surface area contributed by atoms with Crippen LogP contribution in [-0.4, -0.2) is 39.5 Å². The third kappa shape index (κ3) is 5.42. The summed E-state index contributed by atoms with van der Waals surface area (Å²) in [6.45, 7) is 4.80. The molecule has 4 rings (SSSR count). The molecular weight excluding hydrogens is 613 g/mol. The van der Waals surface area contributed by atoms with Gasteiger partial charge in [0.05, 0.1) is 24.3 Å². The number of rotatable bonds is 6. The van der Waals surface area contributed by atoms with Crippen molar-refractivity contribution in [2.45, 2.75) is 51.6 Å². The molecule has 1 amide bonds. The molecule has 0 unspecified atom stereocenters. The van der Waals surface area contributed by atoms with Gasteiger partial charge in [0.25, 0.3) is 5.91 Å². The van der Waals surface area contributed by atoms with E-state index in [1.165, 1.54) is 6.92 Å². The van der Waals surface area contributed by atoms with E-state index in [4.69, 9.17) is 16.3 Å². The lowest BCUT2D eigenvalue weighted by Gasteiger charge is -2.33. The number of hydrogen-bond acceptors (Lipinski definition) is 7. The number of halogens is 5. The number of carbonyl (C=O) groups excluding carboxylic acids is 2. The van der Waals surface area contributed by atoms with Crippen LogP contribution in [0.5, 0.6) is 0 Å². The number of carbonyl (C=O) groups is 2. The standard InChI is InChI=1S/C24H23BrClF3N4O4S/c1-4-37-23(36)16-10(2)19(11(3)34)38-22(16)31-21(35)18-17(26)20-30-14(12-5-7-13(25)8-6-12)9-15(24(27,28)29)33(20)32-18/h5-8,11,14-15,30,34H,4,9H2,1-3H3,(H,31,35)/t11-,14-,15+/m1/s1. The van der Waals surface area contributed by atoms with E-state index in [0.717, 1.165) is 15.8 Å². The number of fused-ring (bicyclic) bond motifs is 1. The second-order valence-corrected chi connectivity index (χ2v) is 11.0. The maximum atomic E-state index is 14.1. The minimum atomic E-state index is -4.67. The van der Waals surface area contributed by atoms with Gasteiger partial charge in [0.15, 0.2) is 11.7 Å². The number of benzene rings is 1. The maximum Gasteiger partial charge on any atom is 0.410 e. The van der Waals surface area contributed by atoms with Crippen LogP contribution in [-0.2, 0) is 4.74 Å². The topological polar surface area (TPSA) is 105 Å². The second kappa shape index (κ2) is 10.9. The molecule has 0 saturated heterocycles. The molecule has 14 heteroatoms. The fourth-order valence-corrected chi connectivity index (χ4v) is 5.93. The molecule has 0 aliphatic carbocycles. The number of nitrogens with one attached hydrogen (secondary N) is 2. The fraction of sp³-hybridized carbons (Fsp3) is 0.375. The molecule has 38 heavy (non-hydrogen) atoms. The van der Waals surface area contributed by atoms with Crippen molar-refractivity contribution in [3.8, 4) is 0 Å². The Morgan fingerprint density at radius 3 is 2.61 bits per heavy atom. The summed E-state index contributed by atoms with van der Waals surface area (Å²) in [7, 11) is 0. The smallest absolute Gasteiger partial charge is 0.410 e. The molecule has 1 aliphatic heterocycles. The zero-order valence-electron chi connectivity index (χ0n) is 20.3. The Labute approximate surface area is 233 Å².